The van der Waals surface area contributed by atoms with E-state index in [4.69, 9.17) is 10.5 Å². The molecule has 0 saturated carbocycles. The van der Waals surface area contributed by atoms with Crippen molar-refractivity contribution in [1.29, 1.82) is 0 Å². The van der Waals surface area contributed by atoms with E-state index in [2.05, 4.69) is 15.9 Å². The monoisotopic (exact) mass is 349 g/mol. The normalized spacial score (nSPS) is 11.4. The first-order chi connectivity index (χ1) is 9.25. The van der Waals surface area contributed by atoms with Gasteiger partial charge < -0.3 is 10.5 Å². The molecule has 106 valence electrons. The molecule has 0 aromatic heterocycles. The summed E-state index contributed by atoms with van der Waals surface area (Å²) >= 11 is 3.06. The van der Waals surface area contributed by atoms with Crippen molar-refractivity contribution in [3.63, 3.8) is 0 Å². The second-order valence-electron chi connectivity index (χ2n) is 3.95. The molecule has 2 N–H and O–H groups in total. The highest BCUT2D eigenvalue weighted by molar-refractivity contribution is 9.10. The van der Waals surface area contributed by atoms with Crippen LogP contribution in [-0.4, -0.2) is 0 Å². The third-order valence-electron chi connectivity index (χ3n) is 2.40. The average Bonchev–Trinajstić information content (AvgIpc) is 2.29. The van der Waals surface area contributed by atoms with Crippen LogP contribution in [-0.2, 0) is 6.18 Å². The maximum atomic E-state index is 13.2. The molecular weight excluding hydrogens is 342 g/mol. The Hall–Kier alpha value is -1.76. The maximum Gasteiger partial charge on any atom is 0.418 e. The van der Waals surface area contributed by atoms with Crippen molar-refractivity contribution in [2.75, 3.05) is 5.73 Å². The molecule has 20 heavy (non-hydrogen) atoms. The number of nitrogens with two attached hydrogens (primary N) is 1. The van der Waals surface area contributed by atoms with E-state index in [0.717, 1.165) is 18.2 Å². The predicted molar refractivity (Wildman–Crippen MR) is 70.0 cm³/mol. The highest BCUT2D eigenvalue weighted by Gasteiger charge is 2.33. The minimum atomic E-state index is -4.58. The summed E-state index contributed by atoms with van der Waals surface area (Å²) < 4.78 is 56.9. The van der Waals surface area contributed by atoms with Crippen LogP contribution in [0.5, 0.6) is 11.5 Å². The van der Waals surface area contributed by atoms with Gasteiger partial charge in [0.2, 0.25) is 0 Å². The molecule has 7 heteroatoms. The smallest absolute Gasteiger partial charge is 0.418 e. The number of rotatable bonds is 2. The fourth-order valence-corrected chi connectivity index (χ4v) is 2.01. The number of ether oxygens (including phenoxy) is 1. The Morgan fingerprint density at radius 2 is 1.70 bits per heavy atom. The van der Waals surface area contributed by atoms with Gasteiger partial charge in [-0.15, -0.1) is 0 Å². The van der Waals surface area contributed by atoms with Gasteiger partial charge in [0, 0.05) is 16.2 Å². The third-order valence-corrected chi connectivity index (χ3v) is 2.86. The van der Waals surface area contributed by atoms with Gasteiger partial charge in [0.1, 0.15) is 17.3 Å². The predicted octanol–water partition coefficient (Wildman–Crippen LogP) is 4.98. The van der Waals surface area contributed by atoms with Crippen molar-refractivity contribution in [1.82, 2.24) is 0 Å². The van der Waals surface area contributed by atoms with Crippen molar-refractivity contribution in [2.24, 2.45) is 0 Å². The zero-order valence-corrected chi connectivity index (χ0v) is 11.4. The van der Waals surface area contributed by atoms with Crippen molar-refractivity contribution in [2.45, 2.75) is 6.18 Å². The number of hydrogen-bond acceptors (Lipinski definition) is 2. The quantitative estimate of drug-likeness (QED) is 0.612. The summed E-state index contributed by atoms with van der Waals surface area (Å²) in [6.45, 7) is 0. The number of halogens is 5. The molecule has 0 spiro atoms. The van der Waals surface area contributed by atoms with Crippen LogP contribution in [0.1, 0.15) is 5.56 Å². The molecule has 0 bridgehead atoms. The minimum absolute atomic E-state index is 0.0785. The molecule has 2 nitrogen and oxygen atoms in total. The van der Waals surface area contributed by atoms with Crippen molar-refractivity contribution >= 4 is 21.6 Å². The molecule has 0 unspecified atom stereocenters. The van der Waals surface area contributed by atoms with Gasteiger partial charge >= 0.3 is 6.18 Å². The van der Waals surface area contributed by atoms with Crippen molar-refractivity contribution < 1.29 is 22.3 Å². The van der Waals surface area contributed by atoms with Crippen LogP contribution >= 0.6 is 15.9 Å². The Kier molecular flexibility index (Phi) is 3.89. The molecule has 0 amide bonds. The first-order valence-corrected chi connectivity index (χ1v) is 6.15. The highest BCUT2D eigenvalue weighted by atomic mass is 79.9. The molecule has 0 heterocycles. The lowest BCUT2D eigenvalue weighted by Crippen LogP contribution is -2.08. The van der Waals surface area contributed by atoms with Crippen molar-refractivity contribution in [3.8, 4) is 11.5 Å². The van der Waals surface area contributed by atoms with Gasteiger partial charge in [-0.1, -0.05) is 15.9 Å². The molecule has 0 radical (unpaired) electrons. The SMILES string of the molecule is Nc1ccc(Oc2cc(F)cc(Br)c2)cc1C(F)(F)F. The first kappa shape index (κ1) is 14.6. The Balaban J connectivity index is 2.35. The largest absolute Gasteiger partial charge is 0.457 e. The van der Waals surface area contributed by atoms with Gasteiger partial charge in [0.15, 0.2) is 0 Å². The summed E-state index contributed by atoms with van der Waals surface area (Å²) in [6.07, 6.45) is -4.58. The van der Waals surface area contributed by atoms with Crippen LogP contribution in [0.4, 0.5) is 23.2 Å². The third kappa shape index (κ3) is 3.41. The highest BCUT2D eigenvalue weighted by Crippen LogP contribution is 2.37. The zero-order valence-electron chi connectivity index (χ0n) is 9.84. The second kappa shape index (κ2) is 5.32. The standard InChI is InChI=1S/C13H8BrF4NO/c14-7-3-8(15)5-10(4-7)20-9-1-2-12(19)11(6-9)13(16,17)18/h1-6H,19H2. The number of anilines is 1. The van der Waals surface area contributed by atoms with Crippen LogP contribution < -0.4 is 10.5 Å². The summed E-state index contributed by atoms with van der Waals surface area (Å²) in [5, 5.41) is 0. The Labute approximate surface area is 120 Å². The van der Waals surface area contributed by atoms with Crippen molar-refractivity contribution in [3.05, 3.63) is 52.3 Å². The lowest BCUT2D eigenvalue weighted by atomic mass is 10.1. The lowest BCUT2D eigenvalue weighted by Gasteiger charge is -2.12. The van der Waals surface area contributed by atoms with Crippen LogP contribution in [0, 0.1) is 5.82 Å². The molecule has 0 aliphatic carbocycles. The minimum Gasteiger partial charge on any atom is -0.457 e. The van der Waals surface area contributed by atoms with Gasteiger partial charge in [-0.25, -0.2) is 4.39 Å². The van der Waals surface area contributed by atoms with E-state index in [1.54, 1.807) is 0 Å². The molecule has 0 atom stereocenters. The Bertz CT molecular complexity index is 623. The van der Waals surface area contributed by atoms with Gasteiger partial charge in [0.05, 0.1) is 5.56 Å². The van der Waals surface area contributed by atoms with Gasteiger partial charge in [-0.3, -0.25) is 0 Å². The van der Waals surface area contributed by atoms with Crippen LogP contribution in [0.3, 0.4) is 0 Å². The van der Waals surface area contributed by atoms with E-state index in [1.807, 2.05) is 0 Å². The molecule has 0 saturated heterocycles. The average molecular weight is 350 g/mol. The molecular formula is C13H8BrF4NO. The number of benzene rings is 2. The van der Waals surface area contributed by atoms with E-state index in [9.17, 15) is 17.6 Å². The van der Waals surface area contributed by atoms with Gasteiger partial charge in [-0.05, 0) is 30.3 Å². The molecule has 0 aliphatic rings. The summed E-state index contributed by atoms with van der Waals surface area (Å²) in [6, 6.07) is 6.85. The summed E-state index contributed by atoms with van der Waals surface area (Å²) in [5.74, 6) is -0.570. The maximum absolute atomic E-state index is 13.2. The van der Waals surface area contributed by atoms with Crippen LogP contribution in [0.25, 0.3) is 0 Å². The first-order valence-electron chi connectivity index (χ1n) is 5.36. The fourth-order valence-electron chi connectivity index (χ4n) is 1.57. The number of hydrogen-bond donors (Lipinski definition) is 1. The Morgan fingerprint density at radius 3 is 2.30 bits per heavy atom. The fraction of sp³-hybridized carbons (Fsp3) is 0.0769. The molecule has 0 fully saturated rings. The van der Waals surface area contributed by atoms with Gasteiger partial charge in [0.25, 0.3) is 0 Å². The van der Waals surface area contributed by atoms with E-state index < -0.39 is 23.2 Å². The van der Waals surface area contributed by atoms with Crippen LogP contribution in [0.15, 0.2) is 40.9 Å². The molecule has 2 aromatic rings. The van der Waals surface area contributed by atoms with E-state index in [-0.39, 0.29) is 11.5 Å². The van der Waals surface area contributed by atoms with E-state index in [0.29, 0.717) is 4.47 Å². The summed E-state index contributed by atoms with van der Waals surface area (Å²) in [4.78, 5) is 0. The molecule has 2 rings (SSSR count). The molecule has 0 aliphatic heterocycles. The topological polar surface area (TPSA) is 35.2 Å². The van der Waals surface area contributed by atoms with Crippen LogP contribution in [0.2, 0.25) is 0 Å². The Morgan fingerprint density at radius 1 is 1.00 bits per heavy atom. The number of alkyl halides is 3. The second-order valence-corrected chi connectivity index (χ2v) is 4.87. The zero-order chi connectivity index (χ0) is 14.9. The summed E-state index contributed by atoms with van der Waals surface area (Å²) in [5.41, 5.74) is 3.88. The lowest BCUT2D eigenvalue weighted by molar-refractivity contribution is -0.137. The summed E-state index contributed by atoms with van der Waals surface area (Å²) in [7, 11) is 0. The molecule has 2 aromatic carbocycles. The van der Waals surface area contributed by atoms with E-state index in [1.165, 1.54) is 18.2 Å². The van der Waals surface area contributed by atoms with E-state index >= 15 is 0 Å². The van der Waals surface area contributed by atoms with Gasteiger partial charge in [-0.2, -0.15) is 13.2 Å². The number of nitrogen functional groups attached to an aromatic ring is 1.